The molecular formula is C14H18BrN3. The second kappa shape index (κ2) is 5.02. The van der Waals surface area contributed by atoms with Gasteiger partial charge in [0.05, 0.1) is 5.52 Å². The molecule has 0 radical (unpaired) electrons. The Morgan fingerprint density at radius 2 is 2.17 bits per heavy atom. The van der Waals surface area contributed by atoms with Gasteiger partial charge in [-0.1, -0.05) is 12.1 Å². The smallest absolute Gasteiger partial charge is 0.136 e. The molecule has 0 bridgehead atoms. The first-order valence-electron chi connectivity index (χ1n) is 6.56. The molecule has 1 aromatic heterocycles. The second-order valence-electron chi connectivity index (χ2n) is 5.12. The normalized spacial score (nSPS) is 17.4. The highest BCUT2D eigenvalue weighted by atomic mass is 79.9. The monoisotopic (exact) mass is 307 g/mol. The van der Waals surface area contributed by atoms with Crippen LogP contribution < -0.4 is 5.32 Å². The van der Waals surface area contributed by atoms with Crippen molar-refractivity contribution in [3.05, 3.63) is 28.4 Å². The number of nitrogens with zero attached hydrogens (tertiary/aromatic N) is 2. The van der Waals surface area contributed by atoms with Crippen molar-refractivity contribution in [3.8, 4) is 0 Å². The first kappa shape index (κ1) is 12.2. The van der Waals surface area contributed by atoms with Gasteiger partial charge in [-0.05, 0) is 65.8 Å². The van der Waals surface area contributed by atoms with Gasteiger partial charge in [0, 0.05) is 12.4 Å². The molecule has 3 nitrogen and oxygen atoms in total. The summed E-state index contributed by atoms with van der Waals surface area (Å²) in [5, 5.41) is 9.18. The molecule has 4 heteroatoms. The van der Waals surface area contributed by atoms with E-state index in [1.807, 2.05) is 11.7 Å². The molecule has 1 aliphatic rings. The fraction of sp³-hybridized carbons (Fsp3) is 0.500. The lowest BCUT2D eigenvalue weighted by Crippen LogP contribution is -2.28. The molecule has 2 aromatic rings. The SMILES string of the molecule is Cn1nc(Br)c2c(CC3CCNCC3)cccc21. The van der Waals surface area contributed by atoms with Crippen LogP contribution in [0.15, 0.2) is 22.8 Å². The Labute approximate surface area is 116 Å². The summed E-state index contributed by atoms with van der Waals surface area (Å²) in [4.78, 5) is 0. The maximum atomic E-state index is 4.46. The molecule has 1 aromatic carbocycles. The number of aryl methyl sites for hydroxylation is 1. The van der Waals surface area contributed by atoms with Crippen LogP contribution in [0.25, 0.3) is 10.9 Å². The van der Waals surface area contributed by atoms with Gasteiger partial charge in [0.25, 0.3) is 0 Å². The van der Waals surface area contributed by atoms with Crippen LogP contribution in [-0.2, 0) is 13.5 Å². The Balaban J connectivity index is 1.95. The molecule has 0 atom stereocenters. The van der Waals surface area contributed by atoms with Gasteiger partial charge in [-0.2, -0.15) is 5.10 Å². The van der Waals surface area contributed by atoms with E-state index < -0.39 is 0 Å². The van der Waals surface area contributed by atoms with Crippen molar-refractivity contribution >= 4 is 26.8 Å². The number of piperidine rings is 1. The molecule has 1 aliphatic heterocycles. The van der Waals surface area contributed by atoms with E-state index in [0.717, 1.165) is 23.6 Å². The molecule has 1 N–H and O–H groups in total. The number of benzene rings is 1. The Morgan fingerprint density at radius 3 is 2.94 bits per heavy atom. The molecule has 18 heavy (non-hydrogen) atoms. The fourth-order valence-electron chi connectivity index (χ4n) is 2.90. The van der Waals surface area contributed by atoms with Gasteiger partial charge in [0.1, 0.15) is 4.60 Å². The first-order valence-corrected chi connectivity index (χ1v) is 7.36. The Morgan fingerprint density at radius 1 is 1.39 bits per heavy atom. The van der Waals surface area contributed by atoms with E-state index in [1.54, 1.807) is 0 Å². The highest BCUT2D eigenvalue weighted by molar-refractivity contribution is 9.10. The Kier molecular flexibility index (Phi) is 3.39. The largest absolute Gasteiger partial charge is 0.317 e. The summed E-state index contributed by atoms with van der Waals surface area (Å²) in [6.07, 6.45) is 3.74. The van der Waals surface area contributed by atoms with Crippen LogP contribution in [0.1, 0.15) is 18.4 Å². The lowest BCUT2D eigenvalue weighted by atomic mass is 9.90. The minimum Gasteiger partial charge on any atom is -0.317 e. The molecule has 1 fully saturated rings. The van der Waals surface area contributed by atoms with Crippen LogP contribution in [0.2, 0.25) is 0 Å². The highest BCUT2D eigenvalue weighted by Crippen LogP contribution is 2.29. The summed E-state index contributed by atoms with van der Waals surface area (Å²) in [7, 11) is 2.00. The number of hydrogen-bond acceptors (Lipinski definition) is 2. The van der Waals surface area contributed by atoms with Gasteiger partial charge in [0.15, 0.2) is 0 Å². The first-order chi connectivity index (χ1) is 8.75. The number of rotatable bonds is 2. The van der Waals surface area contributed by atoms with Crippen molar-refractivity contribution in [1.82, 2.24) is 15.1 Å². The van der Waals surface area contributed by atoms with E-state index in [2.05, 4.69) is 44.5 Å². The van der Waals surface area contributed by atoms with Gasteiger partial charge in [-0.15, -0.1) is 0 Å². The van der Waals surface area contributed by atoms with Gasteiger partial charge in [-0.3, -0.25) is 4.68 Å². The second-order valence-corrected chi connectivity index (χ2v) is 5.87. The summed E-state index contributed by atoms with van der Waals surface area (Å²) in [5.41, 5.74) is 2.65. The molecule has 0 spiro atoms. The summed E-state index contributed by atoms with van der Waals surface area (Å²) < 4.78 is 2.93. The standard InChI is InChI=1S/C14H18BrN3/c1-18-12-4-2-3-11(13(12)14(15)17-18)9-10-5-7-16-8-6-10/h2-4,10,16H,5-9H2,1H3. The third-order valence-electron chi connectivity index (χ3n) is 3.89. The predicted molar refractivity (Wildman–Crippen MR) is 77.7 cm³/mol. The number of nitrogens with one attached hydrogen (secondary N) is 1. The van der Waals surface area contributed by atoms with Gasteiger partial charge < -0.3 is 5.32 Å². The highest BCUT2D eigenvalue weighted by Gasteiger charge is 2.17. The predicted octanol–water partition coefficient (Wildman–Crippen LogP) is 2.88. The zero-order valence-corrected chi connectivity index (χ0v) is 12.2. The molecule has 0 unspecified atom stereocenters. The molecule has 3 rings (SSSR count). The van der Waals surface area contributed by atoms with Crippen molar-refractivity contribution in [3.63, 3.8) is 0 Å². The Hall–Kier alpha value is -0.870. The molecular weight excluding hydrogens is 290 g/mol. The zero-order valence-electron chi connectivity index (χ0n) is 10.6. The van der Waals surface area contributed by atoms with Crippen molar-refractivity contribution in [1.29, 1.82) is 0 Å². The third kappa shape index (κ3) is 2.19. The maximum Gasteiger partial charge on any atom is 0.136 e. The number of hydrogen-bond donors (Lipinski definition) is 1. The summed E-state index contributed by atoms with van der Waals surface area (Å²) in [6.45, 7) is 2.32. The summed E-state index contributed by atoms with van der Waals surface area (Å²) in [6, 6.07) is 6.53. The summed E-state index contributed by atoms with van der Waals surface area (Å²) >= 11 is 3.59. The molecule has 2 heterocycles. The van der Waals surface area contributed by atoms with E-state index in [-0.39, 0.29) is 0 Å². The van der Waals surface area contributed by atoms with E-state index in [1.165, 1.54) is 35.7 Å². The van der Waals surface area contributed by atoms with E-state index >= 15 is 0 Å². The van der Waals surface area contributed by atoms with Gasteiger partial charge in [-0.25, -0.2) is 0 Å². The van der Waals surface area contributed by atoms with Crippen molar-refractivity contribution in [2.45, 2.75) is 19.3 Å². The maximum absolute atomic E-state index is 4.46. The lowest BCUT2D eigenvalue weighted by molar-refractivity contribution is 0.373. The number of halogens is 1. The van der Waals surface area contributed by atoms with E-state index in [0.29, 0.717) is 0 Å². The summed E-state index contributed by atoms with van der Waals surface area (Å²) in [5.74, 6) is 0.809. The van der Waals surface area contributed by atoms with Gasteiger partial charge in [0.2, 0.25) is 0 Å². The number of aromatic nitrogens is 2. The lowest BCUT2D eigenvalue weighted by Gasteiger charge is -2.22. The van der Waals surface area contributed by atoms with Crippen LogP contribution in [-0.4, -0.2) is 22.9 Å². The minimum atomic E-state index is 0.809. The van der Waals surface area contributed by atoms with Crippen molar-refractivity contribution in [2.24, 2.45) is 13.0 Å². The van der Waals surface area contributed by atoms with Crippen LogP contribution >= 0.6 is 15.9 Å². The van der Waals surface area contributed by atoms with E-state index in [4.69, 9.17) is 0 Å². The topological polar surface area (TPSA) is 29.9 Å². The molecule has 0 aliphatic carbocycles. The van der Waals surface area contributed by atoms with Crippen LogP contribution in [0.4, 0.5) is 0 Å². The molecule has 96 valence electrons. The van der Waals surface area contributed by atoms with Crippen molar-refractivity contribution < 1.29 is 0 Å². The zero-order chi connectivity index (χ0) is 12.5. The Bertz CT molecular complexity index is 555. The fourth-order valence-corrected chi connectivity index (χ4v) is 3.59. The quantitative estimate of drug-likeness (QED) is 0.924. The average Bonchev–Trinajstić information content (AvgIpc) is 2.67. The third-order valence-corrected chi connectivity index (χ3v) is 4.44. The minimum absolute atomic E-state index is 0.809. The average molecular weight is 308 g/mol. The number of fused-ring (bicyclic) bond motifs is 1. The molecule has 0 saturated carbocycles. The van der Waals surface area contributed by atoms with Crippen LogP contribution in [0, 0.1) is 5.92 Å². The van der Waals surface area contributed by atoms with Crippen molar-refractivity contribution in [2.75, 3.05) is 13.1 Å². The van der Waals surface area contributed by atoms with Gasteiger partial charge >= 0.3 is 0 Å². The van der Waals surface area contributed by atoms with Crippen LogP contribution in [0.3, 0.4) is 0 Å². The van der Waals surface area contributed by atoms with E-state index in [9.17, 15) is 0 Å². The van der Waals surface area contributed by atoms with Crippen LogP contribution in [0.5, 0.6) is 0 Å². The molecule has 0 amide bonds. The molecule has 1 saturated heterocycles.